The Bertz CT molecular complexity index is 378. The van der Waals surface area contributed by atoms with Gasteiger partial charge in [-0.25, -0.2) is 0 Å². The van der Waals surface area contributed by atoms with Crippen LogP contribution in [0.5, 0.6) is 0 Å². The molecule has 0 aliphatic heterocycles. The van der Waals surface area contributed by atoms with Crippen molar-refractivity contribution in [2.45, 2.75) is 155 Å². The standard InChI is InChI=1S/C27H52O3/c1-3-5-7-9-11-13-17-21-25-30-27(29)24-20-16-15-19-23-26(28)22-18-14-12-10-8-6-4-2/h3-25H2,1-2H3. The quantitative estimate of drug-likeness (QED) is 0.115. The molecule has 178 valence electrons. The van der Waals surface area contributed by atoms with Gasteiger partial charge < -0.3 is 4.74 Å². The lowest BCUT2D eigenvalue weighted by Gasteiger charge is -2.05. The summed E-state index contributed by atoms with van der Waals surface area (Å²) in [4.78, 5) is 23.6. The van der Waals surface area contributed by atoms with Crippen molar-refractivity contribution < 1.29 is 14.3 Å². The fourth-order valence-electron chi connectivity index (χ4n) is 3.84. The number of Topliss-reactive ketones (excluding diaryl/α,β-unsaturated/α-hetero) is 1. The Morgan fingerprint density at radius 1 is 0.467 bits per heavy atom. The van der Waals surface area contributed by atoms with Gasteiger partial charge >= 0.3 is 5.97 Å². The van der Waals surface area contributed by atoms with Crippen LogP contribution < -0.4 is 0 Å². The zero-order chi connectivity index (χ0) is 22.1. The monoisotopic (exact) mass is 424 g/mol. The Hall–Kier alpha value is -0.860. The first-order valence-electron chi connectivity index (χ1n) is 13.4. The fraction of sp³-hybridized carbons (Fsp3) is 0.926. The predicted octanol–water partition coefficient (Wildman–Crippen LogP) is 8.72. The van der Waals surface area contributed by atoms with E-state index in [1.807, 2.05) is 0 Å². The zero-order valence-corrected chi connectivity index (χ0v) is 20.5. The number of hydrogen-bond donors (Lipinski definition) is 0. The highest BCUT2D eigenvalue weighted by molar-refractivity contribution is 5.78. The Morgan fingerprint density at radius 3 is 1.30 bits per heavy atom. The summed E-state index contributed by atoms with van der Waals surface area (Å²) in [5.41, 5.74) is 0. The maximum atomic E-state index is 11.9. The molecule has 0 saturated heterocycles. The first kappa shape index (κ1) is 29.1. The number of hydrogen-bond acceptors (Lipinski definition) is 3. The van der Waals surface area contributed by atoms with Gasteiger partial charge in [0.15, 0.2) is 0 Å². The van der Waals surface area contributed by atoms with Gasteiger partial charge in [-0.1, -0.05) is 110 Å². The van der Waals surface area contributed by atoms with Crippen LogP contribution in [0.2, 0.25) is 0 Å². The van der Waals surface area contributed by atoms with Crippen LogP contribution in [0.4, 0.5) is 0 Å². The van der Waals surface area contributed by atoms with Crippen LogP contribution in [-0.2, 0) is 14.3 Å². The molecule has 3 heteroatoms. The lowest BCUT2D eigenvalue weighted by Crippen LogP contribution is -2.05. The molecule has 3 nitrogen and oxygen atoms in total. The third-order valence-electron chi connectivity index (χ3n) is 5.91. The molecule has 0 heterocycles. The largest absolute Gasteiger partial charge is 0.466 e. The number of rotatable bonds is 24. The van der Waals surface area contributed by atoms with E-state index >= 15 is 0 Å². The molecule has 0 bridgehead atoms. The van der Waals surface area contributed by atoms with Crippen molar-refractivity contribution in [1.82, 2.24) is 0 Å². The fourth-order valence-corrected chi connectivity index (χ4v) is 3.84. The molecule has 0 radical (unpaired) electrons. The van der Waals surface area contributed by atoms with Crippen LogP contribution >= 0.6 is 0 Å². The predicted molar refractivity (Wildman–Crippen MR) is 129 cm³/mol. The third kappa shape index (κ3) is 23.4. The van der Waals surface area contributed by atoms with E-state index in [1.54, 1.807) is 0 Å². The second-order valence-corrected chi connectivity index (χ2v) is 9.02. The minimum Gasteiger partial charge on any atom is -0.466 e. The summed E-state index contributed by atoms with van der Waals surface area (Å²) in [5, 5.41) is 0. The van der Waals surface area contributed by atoms with Crippen molar-refractivity contribution in [3.8, 4) is 0 Å². The summed E-state index contributed by atoms with van der Waals surface area (Å²) in [6, 6.07) is 0. The topological polar surface area (TPSA) is 43.4 Å². The van der Waals surface area contributed by atoms with Crippen molar-refractivity contribution in [2.24, 2.45) is 0 Å². The Balaban J connectivity index is 3.27. The molecule has 30 heavy (non-hydrogen) atoms. The summed E-state index contributed by atoms with van der Waals surface area (Å²) >= 11 is 0. The van der Waals surface area contributed by atoms with E-state index in [1.165, 1.54) is 83.5 Å². The van der Waals surface area contributed by atoms with Gasteiger partial charge in [0.25, 0.3) is 0 Å². The summed E-state index contributed by atoms with van der Waals surface area (Å²) in [6.45, 7) is 5.07. The Labute approximate surface area is 188 Å². The Kier molecular flexibility index (Phi) is 23.7. The molecule has 0 N–H and O–H groups in total. The molecule has 0 saturated carbocycles. The summed E-state index contributed by atoms with van der Waals surface area (Å²) in [7, 11) is 0. The smallest absolute Gasteiger partial charge is 0.305 e. The molecular weight excluding hydrogens is 372 g/mol. The molecule has 0 aromatic rings. The van der Waals surface area contributed by atoms with Crippen molar-refractivity contribution in [3.05, 3.63) is 0 Å². The lowest BCUT2D eigenvalue weighted by atomic mass is 10.0. The minimum absolute atomic E-state index is 0.0482. The molecular formula is C27H52O3. The maximum absolute atomic E-state index is 11.9. The molecule has 0 aromatic carbocycles. The van der Waals surface area contributed by atoms with E-state index in [0.29, 0.717) is 18.8 Å². The molecule has 0 atom stereocenters. The highest BCUT2D eigenvalue weighted by Gasteiger charge is 2.04. The van der Waals surface area contributed by atoms with Gasteiger partial charge in [-0.3, -0.25) is 9.59 Å². The molecule has 0 fully saturated rings. The molecule has 0 unspecified atom stereocenters. The van der Waals surface area contributed by atoms with E-state index in [4.69, 9.17) is 4.74 Å². The number of carbonyl (C=O) groups is 2. The van der Waals surface area contributed by atoms with E-state index in [2.05, 4.69) is 13.8 Å². The van der Waals surface area contributed by atoms with Crippen molar-refractivity contribution >= 4 is 11.8 Å². The van der Waals surface area contributed by atoms with Gasteiger partial charge in [0.2, 0.25) is 0 Å². The number of unbranched alkanes of at least 4 members (excludes halogenated alkanes) is 16. The Morgan fingerprint density at radius 2 is 0.833 bits per heavy atom. The zero-order valence-electron chi connectivity index (χ0n) is 20.5. The normalized spacial score (nSPS) is 11.0. The average Bonchev–Trinajstić information content (AvgIpc) is 2.74. The van der Waals surface area contributed by atoms with Crippen LogP contribution in [0, 0.1) is 0 Å². The molecule has 0 aliphatic carbocycles. The van der Waals surface area contributed by atoms with Crippen molar-refractivity contribution in [2.75, 3.05) is 6.61 Å². The molecule has 0 rings (SSSR count). The maximum Gasteiger partial charge on any atom is 0.305 e. The van der Waals surface area contributed by atoms with Crippen molar-refractivity contribution in [3.63, 3.8) is 0 Å². The van der Waals surface area contributed by atoms with Gasteiger partial charge in [0, 0.05) is 19.3 Å². The summed E-state index contributed by atoms with van der Waals surface area (Å²) < 4.78 is 5.32. The number of ketones is 1. The molecule has 0 aliphatic rings. The van der Waals surface area contributed by atoms with Gasteiger partial charge in [-0.15, -0.1) is 0 Å². The van der Waals surface area contributed by atoms with Gasteiger partial charge in [-0.2, -0.15) is 0 Å². The SMILES string of the molecule is CCCCCCCCCCOC(=O)CCCCCCC(=O)CCCCCCCCC. The molecule has 0 aromatic heterocycles. The minimum atomic E-state index is -0.0482. The number of ether oxygens (including phenoxy) is 1. The van der Waals surface area contributed by atoms with Gasteiger partial charge in [-0.05, 0) is 25.7 Å². The highest BCUT2D eigenvalue weighted by atomic mass is 16.5. The van der Waals surface area contributed by atoms with Gasteiger partial charge in [0.05, 0.1) is 6.61 Å². The second-order valence-electron chi connectivity index (χ2n) is 9.02. The first-order chi connectivity index (χ1) is 14.7. The van der Waals surface area contributed by atoms with Crippen LogP contribution in [0.3, 0.4) is 0 Å². The summed E-state index contributed by atoms with van der Waals surface area (Å²) in [5.74, 6) is 0.376. The van der Waals surface area contributed by atoms with E-state index in [0.717, 1.165) is 51.4 Å². The summed E-state index contributed by atoms with van der Waals surface area (Å²) in [6.07, 6.45) is 24.9. The molecule has 0 spiro atoms. The van der Waals surface area contributed by atoms with Crippen LogP contribution in [0.1, 0.15) is 155 Å². The highest BCUT2D eigenvalue weighted by Crippen LogP contribution is 2.12. The lowest BCUT2D eigenvalue weighted by molar-refractivity contribution is -0.143. The van der Waals surface area contributed by atoms with Crippen LogP contribution in [0.15, 0.2) is 0 Å². The van der Waals surface area contributed by atoms with Gasteiger partial charge in [0.1, 0.15) is 5.78 Å². The second kappa shape index (κ2) is 24.4. The van der Waals surface area contributed by atoms with Crippen LogP contribution in [0.25, 0.3) is 0 Å². The van der Waals surface area contributed by atoms with Crippen molar-refractivity contribution in [1.29, 1.82) is 0 Å². The number of esters is 1. The van der Waals surface area contributed by atoms with Crippen LogP contribution in [-0.4, -0.2) is 18.4 Å². The molecule has 0 amide bonds. The number of carbonyl (C=O) groups excluding carboxylic acids is 2. The average molecular weight is 425 g/mol. The van der Waals surface area contributed by atoms with E-state index < -0.39 is 0 Å². The first-order valence-corrected chi connectivity index (χ1v) is 13.4. The third-order valence-corrected chi connectivity index (χ3v) is 5.91. The van der Waals surface area contributed by atoms with E-state index in [9.17, 15) is 9.59 Å². The van der Waals surface area contributed by atoms with E-state index in [-0.39, 0.29) is 5.97 Å².